The lowest BCUT2D eigenvalue weighted by Crippen LogP contribution is -2.71. The van der Waals surface area contributed by atoms with E-state index in [1.54, 1.807) is 6.08 Å². The van der Waals surface area contributed by atoms with Crippen LogP contribution in [-0.2, 0) is 19.1 Å². The van der Waals surface area contributed by atoms with Gasteiger partial charge in [-0.1, -0.05) is 33.3 Å². The maximum atomic E-state index is 13.7. The minimum absolute atomic E-state index is 0.101. The van der Waals surface area contributed by atoms with Gasteiger partial charge in [0.25, 0.3) is 0 Å². The molecule has 2 heterocycles. The number of Topliss-reactive ketones (excluding diaryl/α,β-unsaturated/α-hetero) is 1. The molecular weight excluding hydrogens is 378 g/mol. The lowest BCUT2D eigenvalue weighted by Gasteiger charge is -2.65. The number of ketones is 1. The third kappa shape index (κ3) is 3.28. The van der Waals surface area contributed by atoms with Crippen molar-refractivity contribution in [1.29, 1.82) is 0 Å². The second-order valence-electron chi connectivity index (χ2n) is 11.6. The summed E-state index contributed by atoms with van der Waals surface area (Å²) in [4.78, 5) is 26.7. The average Bonchev–Trinajstić information content (AvgIpc) is 3.16. The van der Waals surface area contributed by atoms with Crippen molar-refractivity contribution >= 4 is 11.8 Å². The molecule has 2 aliphatic heterocycles. The van der Waals surface area contributed by atoms with Crippen LogP contribution in [0.25, 0.3) is 0 Å². The van der Waals surface area contributed by atoms with Crippen molar-refractivity contribution in [1.82, 2.24) is 5.32 Å². The number of esters is 1. The Kier molecular flexibility index (Phi) is 5.25. The predicted molar refractivity (Wildman–Crippen MR) is 116 cm³/mol. The number of nitrogens with one attached hydrogen (secondary N) is 1. The Labute approximate surface area is 181 Å². The summed E-state index contributed by atoms with van der Waals surface area (Å²) in [6, 6.07) is -0.246. The third-order valence-corrected chi connectivity index (χ3v) is 8.93. The molecular formula is C25H39NO4. The summed E-state index contributed by atoms with van der Waals surface area (Å²) in [5, 5.41) is 3.25. The van der Waals surface area contributed by atoms with Gasteiger partial charge in [0, 0.05) is 6.42 Å². The molecule has 0 aromatic carbocycles. The summed E-state index contributed by atoms with van der Waals surface area (Å²) in [5.41, 5.74) is -1.62. The van der Waals surface area contributed by atoms with E-state index >= 15 is 0 Å². The Morgan fingerprint density at radius 1 is 1.20 bits per heavy atom. The van der Waals surface area contributed by atoms with E-state index in [0.717, 1.165) is 45.1 Å². The van der Waals surface area contributed by atoms with Crippen molar-refractivity contribution in [2.24, 2.45) is 22.7 Å². The van der Waals surface area contributed by atoms with E-state index in [1.807, 2.05) is 13.8 Å². The molecule has 0 spiro atoms. The highest BCUT2D eigenvalue weighted by molar-refractivity contribution is 5.86. The Hall–Kier alpha value is -1.20. The quantitative estimate of drug-likeness (QED) is 0.551. The zero-order valence-corrected chi connectivity index (χ0v) is 19.4. The number of carbonyl (C=O) groups excluding carboxylic acids is 2. The maximum absolute atomic E-state index is 13.7. The van der Waals surface area contributed by atoms with Crippen LogP contribution >= 0.6 is 0 Å². The van der Waals surface area contributed by atoms with Gasteiger partial charge in [-0.05, 0) is 69.2 Å². The molecule has 2 aliphatic carbocycles. The van der Waals surface area contributed by atoms with Gasteiger partial charge in [0.2, 0.25) is 0 Å². The predicted octanol–water partition coefficient (Wildman–Crippen LogP) is 4.20. The highest BCUT2D eigenvalue weighted by atomic mass is 16.6. The minimum atomic E-state index is -0.842. The Morgan fingerprint density at radius 2 is 1.93 bits per heavy atom. The van der Waals surface area contributed by atoms with Gasteiger partial charge in [0.05, 0.1) is 11.5 Å². The summed E-state index contributed by atoms with van der Waals surface area (Å²) in [7, 11) is 0. The van der Waals surface area contributed by atoms with Crippen LogP contribution in [0, 0.1) is 22.7 Å². The lowest BCUT2D eigenvalue weighted by atomic mass is 9.43. The first-order valence-corrected chi connectivity index (χ1v) is 11.8. The van der Waals surface area contributed by atoms with Crippen LogP contribution in [-0.4, -0.2) is 41.6 Å². The van der Waals surface area contributed by atoms with Crippen LogP contribution in [0.3, 0.4) is 0 Å². The van der Waals surface area contributed by atoms with Gasteiger partial charge in [0.1, 0.15) is 23.5 Å². The average molecular weight is 418 g/mol. The van der Waals surface area contributed by atoms with Gasteiger partial charge < -0.3 is 14.8 Å². The van der Waals surface area contributed by atoms with Gasteiger partial charge in [0.15, 0.2) is 0 Å². The zero-order chi connectivity index (χ0) is 21.9. The summed E-state index contributed by atoms with van der Waals surface area (Å²) in [6.07, 6.45) is 7.46. The van der Waals surface area contributed by atoms with Crippen LogP contribution in [0.1, 0.15) is 79.6 Å². The van der Waals surface area contributed by atoms with Gasteiger partial charge >= 0.3 is 5.97 Å². The standard InChI is InChI=1S/C25H39NO4/c1-7-23(4)15-17(27)20-24(5)12-9-11-22(2,3)18(24)14-19(25(20,6)30-23)29-21(28)16-10-8-13-26-16/h7,16,18-20,26H,1,8-15H2,2-6H3/t16-,18-,19-,20+,23-,24-,25+/m0/s1. The van der Waals surface area contributed by atoms with E-state index in [2.05, 4.69) is 32.7 Å². The molecule has 0 radical (unpaired) electrons. The van der Waals surface area contributed by atoms with E-state index in [9.17, 15) is 9.59 Å². The molecule has 4 aliphatic rings. The first-order chi connectivity index (χ1) is 14.0. The first-order valence-electron chi connectivity index (χ1n) is 11.8. The molecule has 5 nitrogen and oxygen atoms in total. The molecule has 0 amide bonds. The van der Waals surface area contributed by atoms with Crippen molar-refractivity contribution in [3.8, 4) is 0 Å². The fourth-order valence-corrected chi connectivity index (χ4v) is 7.57. The number of ether oxygens (including phenoxy) is 2. The minimum Gasteiger partial charge on any atom is -0.458 e. The van der Waals surface area contributed by atoms with Crippen LogP contribution in [0.2, 0.25) is 0 Å². The molecule has 2 saturated heterocycles. The molecule has 168 valence electrons. The number of fused-ring (bicyclic) bond motifs is 3. The molecule has 7 atom stereocenters. The fraction of sp³-hybridized carbons (Fsp3) is 0.840. The second-order valence-corrected chi connectivity index (χ2v) is 11.6. The lowest BCUT2D eigenvalue weighted by molar-refractivity contribution is -0.280. The smallest absolute Gasteiger partial charge is 0.323 e. The first kappa shape index (κ1) is 22.0. The van der Waals surface area contributed by atoms with Crippen molar-refractivity contribution < 1.29 is 19.1 Å². The molecule has 0 aromatic heterocycles. The largest absolute Gasteiger partial charge is 0.458 e. The number of hydrogen-bond donors (Lipinski definition) is 1. The monoisotopic (exact) mass is 417 g/mol. The molecule has 0 unspecified atom stereocenters. The maximum Gasteiger partial charge on any atom is 0.323 e. The van der Waals surface area contributed by atoms with Crippen LogP contribution in [0.4, 0.5) is 0 Å². The van der Waals surface area contributed by atoms with E-state index in [-0.39, 0.29) is 34.5 Å². The Morgan fingerprint density at radius 3 is 2.57 bits per heavy atom. The van der Waals surface area contributed by atoms with Gasteiger partial charge in [-0.15, -0.1) is 6.58 Å². The van der Waals surface area contributed by atoms with Gasteiger partial charge in [-0.3, -0.25) is 9.59 Å². The van der Waals surface area contributed by atoms with Crippen LogP contribution in [0.15, 0.2) is 12.7 Å². The topological polar surface area (TPSA) is 64.6 Å². The SMILES string of the molecule is C=C[C@@]1(C)CC(=O)[C@@H]2[C@@]3(C)CCCC(C)(C)[C@@H]3C[C@H](OC(=O)[C@@H]3CCCN3)[C@@]2(C)O1. The summed E-state index contributed by atoms with van der Waals surface area (Å²) in [5.74, 6) is 0.0743. The van der Waals surface area contributed by atoms with Crippen molar-refractivity contribution in [3.63, 3.8) is 0 Å². The molecule has 4 rings (SSSR count). The second kappa shape index (κ2) is 7.16. The van der Waals surface area contributed by atoms with E-state index in [1.165, 1.54) is 0 Å². The highest BCUT2D eigenvalue weighted by Gasteiger charge is 2.68. The molecule has 0 bridgehead atoms. The van der Waals surface area contributed by atoms with E-state index in [0.29, 0.717) is 12.3 Å². The molecule has 0 aromatic rings. The Balaban J connectivity index is 1.75. The molecule has 4 fully saturated rings. The molecule has 30 heavy (non-hydrogen) atoms. The summed E-state index contributed by atoms with van der Waals surface area (Å²) in [6.45, 7) is 15.6. The number of carbonyl (C=O) groups is 2. The number of hydrogen-bond acceptors (Lipinski definition) is 5. The highest BCUT2D eigenvalue weighted by Crippen LogP contribution is 2.65. The van der Waals surface area contributed by atoms with Crippen molar-refractivity contribution in [2.45, 2.75) is 103 Å². The normalized spacial score (nSPS) is 47.8. The zero-order valence-electron chi connectivity index (χ0n) is 19.4. The third-order valence-electron chi connectivity index (χ3n) is 8.93. The fourth-order valence-electron chi connectivity index (χ4n) is 7.57. The Bertz CT molecular complexity index is 741. The van der Waals surface area contributed by atoms with Crippen LogP contribution < -0.4 is 5.32 Å². The molecule has 2 saturated carbocycles. The molecule has 5 heteroatoms. The number of rotatable bonds is 3. The summed E-state index contributed by atoms with van der Waals surface area (Å²) < 4.78 is 12.9. The summed E-state index contributed by atoms with van der Waals surface area (Å²) >= 11 is 0. The van der Waals surface area contributed by atoms with Crippen molar-refractivity contribution in [3.05, 3.63) is 12.7 Å². The van der Waals surface area contributed by atoms with E-state index < -0.39 is 17.3 Å². The van der Waals surface area contributed by atoms with Crippen LogP contribution in [0.5, 0.6) is 0 Å². The van der Waals surface area contributed by atoms with Gasteiger partial charge in [-0.25, -0.2) is 0 Å². The van der Waals surface area contributed by atoms with E-state index in [4.69, 9.17) is 9.47 Å². The molecule has 1 N–H and O–H groups in total. The van der Waals surface area contributed by atoms with Gasteiger partial charge in [-0.2, -0.15) is 0 Å². The van der Waals surface area contributed by atoms with Crippen molar-refractivity contribution in [2.75, 3.05) is 6.54 Å².